The van der Waals surface area contributed by atoms with Crippen LogP contribution in [0.1, 0.15) is 17.7 Å². The van der Waals surface area contributed by atoms with E-state index in [4.69, 9.17) is 5.73 Å². The minimum atomic E-state index is -3.42. The molecule has 1 unspecified atom stereocenters. The molecule has 1 aromatic rings. The number of thiophene rings is 1. The largest absolute Gasteiger partial charge is 0.326 e. The Bertz CT molecular complexity index is 527. The van der Waals surface area contributed by atoms with Crippen LogP contribution in [0.4, 0.5) is 0 Å². The van der Waals surface area contributed by atoms with Gasteiger partial charge < -0.3 is 10.6 Å². The molecule has 0 bridgehead atoms. The fourth-order valence-electron chi connectivity index (χ4n) is 2.49. The molecule has 7 heteroatoms. The van der Waals surface area contributed by atoms with E-state index in [9.17, 15) is 8.42 Å². The molecule has 1 saturated heterocycles. The summed E-state index contributed by atoms with van der Waals surface area (Å²) in [6, 6.07) is 1.71. The Kier molecular flexibility index (Phi) is 4.62. The molecule has 0 aliphatic carbocycles. The highest BCUT2D eigenvalue weighted by Crippen LogP contribution is 2.27. The van der Waals surface area contributed by atoms with Crippen molar-refractivity contribution in [2.75, 3.05) is 27.2 Å². The second-order valence-corrected chi connectivity index (χ2v) is 7.96. The highest BCUT2D eigenvalue weighted by atomic mass is 32.2. The molecule has 2 heterocycles. The number of piperidine rings is 1. The normalized spacial score (nSPS) is 22.0. The Morgan fingerprint density at radius 3 is 2.95 bits per heavy atom. The zero-order valence-corrected chi connectivity index (χ0v) is 13.0. The summed E-state index contributed by atoms with van der Waals surface area (Å²) >= 11 is 1.40. The van der Waals surface area contributed by atoms with Crippen LogP contribution in [0.25, 0.3) is 0 Å². The number of nitrogens with two attached hydrogens (primary N) is 1. The van der Waals surface area contributed by atoms with Crippen LogP contribution >= 0.6 is 11.3 Å². The monoisotopic (exact) mass is 303 g/mol. The summed E-state index contributed by atoms with van der Waals surface area (Å²) in [5.74, 6) is 0. The van der Waals surface area contributed by atoms with Gasteiger partial charge in [0.25, 0.3) is 0 Å². The van der Waals surface area contributed by atoms with Gasteiger partial charge in [0, 0.05) is 31.1 Å². The molecule has 0 radical (unpaired) electrons. The number of nitrogens with zero attached hydrogens (tertiary/aromatic N) is 2. The fraction of sp³-hybridized carbons (Fsp3) is 0.667. The Balaban J connectivity index is 2.24. The van der Waals surface area contributed by atoms with E-state index in [1.165, 1.54) is 15.6 Å². The first-order valence-corrected chi connectivity index (χ1v) is 8.71. The third kappa shape index (κ3) is 3.00. The smallest absolute Gasteiger partial charge is 0.244 e. The average Bonchev–Trinajstić information content (AvgIpc) is 2.86. The molecule has 0 amide bonds. The van der Waals surface area contributed by atoms with Gasteiger partial charge in [0.2, 0.25) is 10.0 Å². The summed E-state index contributed by atoms with van der Waals surface area (Å²) < 4.78 is 26.8. The van der Waals surface area contributed by atoms with Crippen molar-refractivity contribution in [1.29, 1.82) is 0 Å². The molecule has 1 aliphatic heterocycles. The van der Waals surface area contributed by atoms with E-state index in [0.717, 1.165) is 30.8 Å². The van der Waals surface area contributed by atoms with Crippen molar-refractivity contribution >= 4 is 21.4 Å². The Morgan fingerprint density at radius 2 is 2.32 bits per heavy atom. The Labute approximate surface area is 119 Å². The average molecular weight is 303 g/mol. The van der Waals surface area contributed by atoms with Crippen LogP contribution in [0, 0.1) is 0 Å². The van der Waals surface area contributed by atoms with Crippen LogP contribution in [-0.2, 0) is 16.6 Å². The molecule has 1 atom stereocenters. The molecule has 1 aliphatic rings. The summed E-state index contributed by atoms with van der Waals surface area (Å²) in [7, 11) is 0.284. The molecule has 2 rings (SSSR count). The summed E-state index contributed by atoms with van der Waals surface area (Å²) in [5, 5.41) is 1.79. The van der Waals surface area contributed by atoms with E-state index in [1.807, 2.05) is 7.05 Å². The van der Waals surface area contributed by atoms with Gasteiger partial charge in [-0.15, -0.1) is 11.3 Å². The van der Waals surface area contributed by atoms with Gasteiger partial charge in [-0.05, 0) is 37.9 Å². The van der Waals surface area contributed by atoms with E-state index in [0.29, 0.717) is 4.90 Å². The molecular formula is C12H21N3O2S2. The van der Waals surface area contributed by atoms with Crippen LogP contribution in [0.15, 0.2) is 16.3 Å². The van der Waals surface area contributed by atoms with Gasteiger partial charge in [-0.2, -0.15) is 4.31 Å². The molecule has 1 fully saturated rings. The molecule has 19 heavy (non-hydrogen) atoms. The first kappa shape index (κ1) is 14.9. The molecule has 0 spiro atoms. The third-order valence-corrected chi connectivity index (χ3v) is 6.73. The predicted molar refractivity (Wildman–Crippen MR) is 77.7 cm³/mol. The molecule has 0 saturated carbocycles. The van der Waals surface area contributed by atoms with Crippen LogP contribution in [0.3, 0.4) is 0 Å². The van der Waals surface area contributed by atoms with Crippen LogP contribution in [0.2, 0.25) is 0 Å². The van der Waals surface area contributed by atoms with Crippen LogP contribution < -0.4 is 5.73 Å². The highest BCUT2D eigenvalue weighted by molar-refractivity contribution is 7.89. The number of sulfonamides is 1. The van der Waals surface area contributed by atoms with Gasteiger partial charge in [0.05, 0.1) is 4.90 Å². The molecule has 1 aromatic heterocycles. The van der Waals surface area contributed by atoms with Gasteiger partial charge in [-0.3, -0.25) is 0 Å². The van der Waals surface area contributed by atoms with Gasteiger partial charge in [0.15, 0.2) is 0 Å². The zero-order chi connectivity index (χ0) is 14.0. The molecule has 5 nitrogen and oxygen atoms in total. The maximum absolute atomic E-state index is 12.6. The predicted octanol–water partition coefficient (Wildman–Crippen LogP) is 0.921. The van der Waals surface area contributed by atoms with E-state index < -0.39 is 10.0 Å². The van der Waals surface area contributed by atoms with Crippen LogP contribution in [0.5, 0.6) is 0 Å². The fourth-order valence-corrected chi connectivity index (χ4v) is 5.18. The summed E-state index contributed by atoms with van der Waals surface area (Å²) in [6.45, 7) is 2.10. The van der Waals surface area contributed by atoms with Crippen molar-refractivity contribution in [3.63, 3.8) is 0 Å². The topological polar surface area (TPSA) is 66.6 Å². The van der Waals surface area contributed by atoms with E-state index in [-0.39, 0.29) is 12.6 Å². The lowest BCUT2D eigenvalue weighted by Gasteiger charge is -2.35. The number of rotatable bonds is 4. The molecule has 108 valence electrons. The summed E-state index contributed by atoms with van der Waals surface area (Å²) in [4.78, 5) is 3.28. The maximum Gasteiger partial charge on any atom is 0.244 e. The first-order chi connectivity index (χ1) is 8.96. The second kappa shape index (κ2) is 5.88. The van der Waals surface area contributed by atoms with Gasteiger partial charge in [-0.1, -0.05) is 0 Å². The number of hydrogen-bond acceptors (Lipinski definition) is 5. The highest BCUT2D eigenvalue weighted by Gasteiger charge is 2.32. The van der Waals surface area contributed by atoms with Gasteiger partial charge >= 0.3 is 0 Å². The van der Waals surface area contributed by atoms with Gasteiger partial charge in [0.1, 0.15) is 0 Å². The third-order valence-electron chi connectivity index (χ3n) is 3.66. The van der Waals surface area contributed by atoms with Crippen molar-refractivity contribution < 1.29 is 8.42 Å². The maximum atomic E-state index is 12.6. The number of hydrogen-bond donors (Lipinski definition) is 1. The zero-order valence-electron chi connectivity index (χ0n) is 11.4. The number of likely N-dealkylation sites (tertiary alicyclic amines) is 1. The van der Waals surface area contributed by atoms with Crippen molar-refractivity contribution in [3.8, 4) is 0 Å². The molecule has 0 aromatic carbocycles. The lowest BCUT2D eigenvalue weighted by Crippen LogP contribution is -2.47. The van der Waals surface area contributed by atoms with Crippen molar-refractivity contribution in [2.24, 2.45) is 5.73 Å². The minimum absolute atomic E-state index is 0.0503. The quantitative estimate of drug-likeness (QED) is 0.898. The lowest BCUT2D eigenvalue weighted by molar-refractivity contribution is 0.187. The Hall–Kier alpha value is -0.470. The second-order valence-electron chi connectivity index (χ2n) is 4.99. The van der Waals surface area contributed by atoms with Crippen molar-refractivity contribution in [3.05, 3.63) is 16.3 Å². The standard InChI is InChI=1S/C12H21N3O2S2/c1-14-6-3-4-10(9-14)15(2)19(16,17)12-5-7-18-11(12)8-13/h5,7,10H,3-4,6,8-9,13H2,1-2H3. The van der Waals surface area contributed by atoms with Crippen molar-refractivity contribution in [1.82, 2.24) is 9.21 Å². The lowest BCUT2D eigenvalue weighted by atomic mass is 10.1. The minimum Gasteiger partial charge on any atom is -0.326 e. The molecular weight excluding hydrogens is 282 g/mol. The summed E-state index contributed by atoms with van der Waals surface area (Å²) in [6.07, 6.45) is 1.95. The van der Waals surface area contributed by atoms with E-state index >= 15 is 0 Å². The Morgan fingerprint density at radius 1 is 1.58 bits per heavy atom. The number of likely N-dealkylation sites (N-methyl/N-ethyl adjacent to an activating group) is 2. The van der Waals surface area contributed by atoms with E-state index in [1.54, 1.807) is 18.5 Å². The van der Waals surface area contributed by atoms with Gasteiger partial charge in [-0.25, -0.2) is 8.42 Å². The van der Waals surface area contributed by atoms with Crippen LogP contribution in [-0.4, -0.2) is 50.8 Å². The molecule has 2 N–H and O–H groups in total. The van der Waals surface area contributed by atoms with Crippen molar-refractivity contribution in [2.45, 2.75) is 30.3 Å². The van der Waals surface area contributed by atoms with E-state index in [2.05, 4.69) is 4.90 Å². The first-order valence-electron chi connectivity index (χ1n) is 6.40. The SMILES string of the molecule is CN1CCCC(N(C)S(=O)(=O)c2ccsc2CN)C1. The summed E-state index contributed by atoms with van der Waals surface area (Å²) in [5.41, 5.74) is 5.61.